The molecule has 1 heterocycles. The Morgan fingerprint density at radius 1 is 1.50 bits per heavy atom. The molecular formula is C6H10BF3N2. The summed E-state index contributed by atoms with van der Waals surface area (Å²) in [5, 5.41) is 0. The van der Waals surface area contributed by atoms with E-state index in [1.165, 1.54) is 0 Å². The fourth-order valence-corrected chi connectivity index (χ4v) is 0.737. The van der Waals surface area contributed by atoms with E-state index in [9.17, 15) is 12.9 Å². The largest absolute Gasteiger partial charge is 0.762 e. The van der Waals surface area contributed by atoms with Crippen molar-refractivity contribution in [1.29, 1.82) is 0 Å². The summed E-state index contributed by atoms with van der Waals surface area (Å²) in [6.45, 7) is 2.10. The van der Waals surface area contributed by atoms with Crippen LogP contribution in [0.3, 0.4) is 0 Å². The van der Waals surface area contributed by atoms with Crippen LogP contribution in [0.15, 0.2) is 12.4 Å². The maximum absolute atomic E-state index is 9.67. The molecule has 1 aromatic rings. The van der Waals surface area contributed by atoms with Gasteiger partial charge in [0.15, 0.2) is 0 Å². The maximum Gasteiger partial charge on any atom is 0.762 e. The molecule has 0 N–H and O–H groups in total. The standard InChI is InChI=1S/C6H10N2.BF3/c1-3-6-7-4-5-8(6)2;2-1(3)4/h4-5H,3H2,1-2H3;. The molecule has 0 bridgehead atoms. The molecular weight excluding hydrogens is 168 g/mol. The predicted octanol–water partition coefficient (Wildman–Crippen LogP) is 1.86. The van der Waals surface area contributed by atoms with Gasteiger partial charge in [-0.05, 0) is 0 Å². The summed E-state index contributed by atoms with van der Waals surface area (Å²) in [5.41, 5.74) is 0. The monoisotopic (exact) mass is 178 g/mol. The lowest BCUT2D eigenvalue weighted by atomic mass is 10.5. The fraction of sp³-hybridized carbons (Fsp3) is 0.500. The molecule has 12 heavy (non-hydrogen) atoms. The quantitative estimate of drug-likeness (QED) is 0.600. The molecule has 0 spiro atoms. The van der Waals surface area contributed by atoms with Crippen molar-refractivity contribution in [2.75, 3.05) is 0 Å². The van der Waals surface area contributed by atoms with Crippen LogP contribution in [0.1, 0.15) is 12.7 Å². The summed E-state index contributed by atoms with van der Waals surface area (Å²) in [4.78, 5) is 4.10. The minimum Gasteiger partial charge on any atom is -0.338 e. The van der Waals surface area contributed by atoms with Crippen LogP contribution in [0.4, 0.5) is 12.9 Å². The van der Waals surface area contributed by atoms with Crippen LogP contribution in [0.2, 0.25) is 0 Å². The second-order valence-electron chi connectivity index (χ2n) is 2.06. The van der Waals surface area contributed by atoms with Crippen molar-refractivity contribution in [3.8, 4) is 0 Å². The number of aromatic nitrogens is 2. The first-order chi connectivity index (χ1) is 5.57. The van der Waals surface area contributed by atoms with Crippen LogP contribution in [0.25, 0.3) is 0 Å². The second kappa shape index (κ2) is 5.68. The topological polar surface area (TPSA) is 17.8 Å². The highest BCUT2D eigenvalue weighted by atomic mass is 19.4. The molecule has 0 saturated heterocycles. The van der Waals surface area contributed by atoms with E-state index in [2.05, 4.69) is 11.9 Å². The highest BCUT2D eigenvalue weighted by Crippen LogP contribution is 1.92. The molecule has 6 heteroatoms. The Morgan fingerprint density at radius 3 is 2.17 bits per heavy atom. The van der Waals surface area contributed by atoms with Crippen LogP contribution in [0, 0.1) is 0 Å². The number of halogens is 3. The summed E-state index contributed by atoms with van der Waals surface area (Å²) in [5.74, 6) is 1.14. The van der Waals surface area contributed by atoms with E-state index in [0.717, 1.165) is 12.2 Å². The summed E-state index contributed by atoms with van der Waals surface area (Å²) in [7, 11) is -1.66. The van der Waals surface area contributed by atoms with Gasteiger partial charge in [0.2, 0.25) is 0 Å². The SMILES string of the molecule is CCc1nccn1C.FB(F)F. The van der Waals surface area contributed by atoms with E-state index >= 15 is 0 Å². The predicted molar refractivity (Wildman–Crippen MR) is 41.7 cm³/mol. The minimum atomic E-state index is -3.67. The van der Waals surface area contributed by atoms with Crippen molar-refractivity contribution in [2.24, 2.45) is 7.05 Å². The van der Waals surface area contributed by atoms with Gasteiger partial charge in [0.1, 0.15) is 5.82 Å². The number of hydrogen-bond acceptors (Lipinski definition) is 1. The zero-order valence-electron chi connectivity index (χ0n) is 6.97. The van der Waals surface area contributed by atoms with Crippen LogP contribution >= 0.6 is 0 Å². The lowest BCUT2D eigenvalue weighted by molar-refractivity contribution is 0.535. The zero-order valence-corrected chi connectivity index (χ0v) is 6.97. The van der Waals surface area contributed by atoms with Crippen LogP contribution in [-0.2, 0) is 13.5 Å². The first kappa shape index (κ1) is 11.1. The van der Waals surface area contributed by atoms with Crippen molar-refractivity contribution in [1.82, 2.24) is 9.55 Å². The molecule has 0 atom stereocenters. The smallest absolute Gasteiger partial charge is 0.338 e. The second-order valence-corrected chi connectivity index (χ2v) is 2.06. The number of rotatable bonds is 1. The number of imidazole rings is 1. The fourth-order valence-electron chi connectivity index (χ4n) is 0.737. The molecule has 0 fully saturated rings. The van der Waals surface area contributed by atoms with E-state index in [1.807, 2.05) is 24.0 Å². The minimum absolute atomic E-state index is 1.02. The maximum atomic E-state index is 9.67. The van der Waals surface area contributed by atoms with E-state index in [1.54, 1.807) is 0 Å². The van der Waals surface area contributed by atoms with Crippen molar-refractivity contribution in [3.05, 3.63) is 18.2 Å². The first-order valence-electron chi connectivity index (χ1n) is 3.46. The summed E-state index contributed by atoms with van der Waals surface area (Å²) >= 11 is 0. The van der Waals surface area contributed by atoms with E-state index in [-0.39, 0.29) is 0 Å². The average molecular weight is 178 g/mol. The molecule has 0 unspecified atom stereocenters. The average Bonchev–Trinajstić information content (AvgIpc) is 2.33. The lowest BCUT2D eigenvalue weighted by Gasteiger charge is -1.92. The Balaban J connectivity index is 0.000000261. The number of nitrogens with zero attached hydrogens (tertiary/aromatic N) is 2. The number of hydrogen-bond donors (Lipinski definition) is 0. The Morgan fingerprint density at radius 2 is 2.00 bits per heavy atom. The van der Waals surface area contributed by atoms with Crippen molar-refractivity contribution < 1.29 is 12.9 Å². The molecule has 0 aliphatic rings. The summed E-state index contributed by atoms with van der Waals surface area (Å²) in [6.07, 6.45) is 4.79. The third-order valence-corrected chi connectivity index (χ3v) is 1.24. The molecule has 2 nitrogen and oxygen atoms in total. The normalized spacial score (nSPS) is 8.75. The van der Waals surface area contributed by atoms with Gasteiger partial charge in [-0.25, -0.2) is 4.98 Å². The molecule has 0 aliphatic carbocycles. The van der Waals surface area contributed by atoms with Crippen LogP contribution in [0.5, 0.6) is 0 Å². The molecule has 0 radical (unpaired) electrons. The molecule has 1 aromatic heterocycles. The van der Waals surface area contributed by atoms with Gasteiger partial charge in [-0.1, -0.05) is 6.92 Å². The highest BCUT2D eigenvalue weighted by molar-refractivity contribution is 6.33. The summed E-state index contributed by atoms with van der Waals surface area (Å²) in [6, 6.07) is 0. The van der Waals surface area contributed by atoms with E-state index < -0.39 is 7.54 Å². The third kappa shape index (κ3) is 4.82. The molecule has 0 amide bonds. The molecule has 0 aliphatic heterocycles. The van der Waals surface area contributed by atoms with Gasteiger partial charge in [-0.3, -0.25) is 12.9 Å². The van der Waals surface area contributed by atoms with Crippen LogP contribution in [-0.4, -0.2) is 17.1 Å². The van der Waals surface area contributed by atoms with Crippen molar-refractivity contribution in [3.63, 3.8) is 0 Å². The lowest BCUT2D eigenvalue weighted by Crippen LogP contribution is -1.92. The van der Waals surface area contributed by atoms with Gasteiger partial charge in [-0.2, -0.15) is 0 Å². The Bertz CT molecular complexity index is 212. The number of aryl methyl sites for hydroxylation is 2. The van der Waals surface area contributed by atoms with Gasteiger partial charge in [0.25, 0.3) is 0 Å². The molecule has 0 aromatic carbocycles. The van der Waals surface area contributed by atoms with Gasteiger partial charge in [0.05, 0.1) is 0 Å². The molecule has 0 saturated carbocycles. The van der Waals surface area contributed by atoms with E-state index in [4.69, 9.17) is 0 Å². The van der Waals surface area contributed by atoms with Crippen LogP contribution < -0.4 is 0 Å². The molecule has 68 valence electrons. The van der Waals surface area contributed by atoms with Crippen molar-refractivity contribution >= 4 is 7.54 Å². The Kier molecular flexibility index (Phi) is 5.24. The van der Waals surface area contributed by atoms with Gasteiger partial charge in [-0.15, -0.1) is 0 Å². The Hall–Kier alpha value is -0.935. The first-order valence-corrected chi connectivity index (χ1v) is 3.46. The Labute approximate surface area is 69.6 Å². The van der Waals surface area contributed by atoms with Crippen molar-refractivity contribution in [2.45, 2.75) is 13.3 Å². The third-order valence-electron chi connectivity index (χ3n) is 1.24. The summed E-state index contributed by atoms with van der Waals surface area (Å²) < 4.78 is 31.0. The highest BCUT2D eigenvalue weighted by Gasteiger charge is 2.06. The van der Waals surface area contributed by atoms with E-state index in [0.29, 0.717) is 0 Å². The van der Waals surface area contributed by atoms with Gasteiger partial charge >= 0.3 is 7.54 Å². The molecule has 1 rings (SSSR count). The van der Waals surface area contributed by atoms with Gasteiger partial charge < -0.3 is 4.57 Å². The van der Waals surface area contributed by atoms with Gasteiger partial charge in [0, 0.05) is 25.9 Å². The zero-order chi connectivity index (χ0) is 9.56.